The van der Waals surface area contributed by atoms with E-state index in [1.54, 1.807) is 12.1 Å². The Morgan fingerprint density at radius 2 is 1.72 bits per heavy atom. The van der Waals surface area contributed by atoms with E-state index < -0.39 is 17.7 Å². The molecule has 0 unspecified atom stereocenters. The molecule has 1 saturated carbocycles. The van der Waals surface area contributed by atoms with Crippen molar-refractivity contribution in [2.75, 3.05) is 31.9 Å². The molecule has 0 radical (unpaired) electrons. The smallest absolute Gasteiger partial charge is 0.254 e. The van der Waals surface area contributed by atoms with Gasteiger partial charge in [0.15, 0.2) is 0 Å². The molecule has 3 aromatic rings. The Bertz CT molecular complexity index is 1310. The van der Waals surface area contributed by atoms with E-state index in [1.165, 1.54) is 31.0 Å². The number of piperidine rings is 1. The molecule has 36 heavy (non-hydrogen) atoms. The van der Waals surface area contributed by atoms with Crippen molar-refractivity contribution in [3.63, 3.8) is 0 Å². The third kappa shape index (κ3) is 4.48. The molecule has 1 aromatic heterocycles. The maximum atomic E-state index is 14.9. The topological polar surface area (TPSA) is 71.2 Å². The number of nitrogens with two attached hydrogens (primary N) is 1. The van der Waals surface area contributed by atoms with Gasteiger partial charge < -0.3 is 16.0 Å². The summed E-state index contributed by atoms with van der Waals surface area (Å²) in [6, 6.07) is 12.7. The van der Waals surface area contributed by atoms with Gasteiger partial charge >= 0.3 is 0 Å². The van der Waals surface area contributed by atoms with Crippen LogP contribution in [0.5, 0.6) is 0 Å². The highest BCUT2D eigenvalue weighted by Gasteiger charge is 2.28. The minimum absolute atomic E-state index is 0.00885. The standard InChI is InChI=1S/C29H30F2N4O/c30-25-14-22(13-21-7-10-33-29(36)26(21)25)24-15-23(27(31)34-28(24)32)20-5-3-18(4-6-20)19-8-11-35(12-9-19)16-17-1-2-17/h3-6,13-15,17,19H,1-2,7-12,16H2,(H2,32,34)(H,33,36). The molecule has 3 N–H and O–H groups in total. The third-order valence-corrected chi connectivity index (χ3v) is 7.89. The summed E-state index contributed by atoms with van der Waals surface area (Å²) >= 11 is 0. The lowest BCUT2D eigenvalue weighted by Crippen LogP contribution is -2.34. The van der Waals surface area contributed by atoms with Gasteiger partial charge in [-0.3, -0.25) is 4.79 Å². The Labute approximate surface area is 209 Å². The Morgan fingerprint density at radius 3 is 2.44 bits per heavy atom. The van der Waals surface area contributed by atoms with Crippen LogP contribution in [0.2, 0.25) is 0 Å². The Balaban J connectivity index is 1.25. The second-order valence-electron chi connectivity index (χ2n) is 10.4. The van der Waals surface area contributed by atoms with Gasteiger partial charge in [0.05, 0.1) is 5.56 Å². The molecule has 1 saturated heterocycles. The number of likely N-dealkylation sites (tertiary alicyclic amines) is 1. The predicted octanol–water partition coefficient (Wildman–Crippen LogP) is 5.15. The van der Waals surface area contributed by atoms with Gasteiger partial charge in [-0.1, -0.05) is 24.3 Å². The summed E-state index contributed by atoms with van der Waals surface area (Å²) < 4.78 is 29.7. The fourth-order valence-corrected chi connectivity index (χ4v) is 5.66. The summed E-state index contributed by atoms with van der Waals surface area (Å²) in [5.74, 6) is -0.250. The van der Waals surface area contributed by atoms with Crippen molar-refractivity contribution in [3.05, 3.63) is 70.9 Å². The van der Waals surface area contributed by atoms with Crippen LogP contribution in [0.4, 0.5) is 14.6 Å². The maximum Gasteiger partial charge on any atom is 0.254 e. The van der Waals surface area contributed by atoms with E-state index in [-0.39, 0.29) is 11.4 Å². The number of fused-ring (bicyclic) bond motifs is 1. The number of amides is 1. The molecule has 0 bridgehead atoms. The first-order chi connectivity index (χ1) is 17.5. The van der Waals surface area contributed by atoms with Crippen LogP contribution in [0.3, 0.4) is 0 Å². The fourth-order valence-electron chi connectivity index (χ4n) is 5.66. The quantitative estimate of drug-likeness (QED) is 0.487. The molecule has 0 atom stereocenters. The first-order valence-corrected chi connectivity index (χ1v) is 12.9. The van der Waals surface area contributed by atoms with E-state index >= 15 is 0 Å². The molecule has 5 nitrogen and oxygen atoms in total. The largest absolute Gasteiger partial charge is 0.383 e. The second kappa shape index (κ2) is 9.28. The summed E-state index contributed by atoms with van der Waals surface area (Å²) in [6.45, 7) is 3.98. The lowest BCUT2D eigenvalue weighted by molar-refractivity contribution is 0.0941. The van der Waals surface area contributed by atoms with Gasteiger partial charge in [-0.2, -0.15) is 4.39 Å². The second-order valence-corrected chi connectivity index (χ2v) is 10.4. The average Bonchev–Trinajstić information content (AvgIpc) is 3.69. The molecular weight excluding hydrogens is 458 g/mol. The predicted molar refractivity (Wildman–Crippen MR) is 137 cm³/mol. The lowest BCUT2D eigenvalue weighted by atomic mass is 9.88. The van der Waals surface area contributed by atoms with Gasteiger partial charge in [0, 0.05) is 24.2 Å². The minimum Gasteiger partial charge on any atom is -0.383 e. The first kappa shape index (κ1) is 23.1. The Morgan fingerprint density at radius 1 is 0.972 bits per heavy atom. The van der Waals surface area contributed by atoms with Crippen LogP contribution in [0.1, 0.15) is 53.1 Å². The van der Waals surface area contributed by atoms with Crippen molar-refractivity contribution >= 4 is 11.7 Å². The van der Waals surface area contributed by atoms with Crippen molar-refractivity contribution < 1.29 is 13.6 Å². The molecule has 186 valence electrons. The normalized spacial score (nSPS) is 18.7. The van der Waals surface area contributed by atoms with E-state index in [0.717, 1.165) is 31.8 Å². The maximum absolute atomic E-state index is 14.9. The van der Waals surface area contributed by atoms with E-state index in [4.69, 9.17) is 5.73 Å². The summed E-state index contributed by atoms with van der Waals surface area (Å²) in [7, 11) is 0. The molecule has 3 aliphatic rings. The van der Waals surface area contributed by atoms with Gasteiger partial charge in [0.2, 0.25) is 5.95 Å². The van der Waals surface area contributed by atoms with E-state index in [9.17, 15) is 13.6 Å². The van der Waals surface area contributed by atoms with E-state index in [2.05, 4.69) is 27.3 Å². The molecule has 2 aromatic carbocycles. The minimum atomic E-state index is -0.657. The molecule has 1 amide bonds. The number of pyridine rings is 1. The Hall–Kier alpha value is -3.32. The molecule has 2 fully saturated rings. The molecular formula is C29H30F2N4O. The highest BCUT2D eigenvalue weighted by Crippen LogP contribution is 2.36. The number of anilines is 1. The fraction of sp³-hybridized carbons (Fsp3) is 0.379. The summed E-state index contributed by atoms with van der Waals surface area (Å²) in [4.78, 5) is 18.6. The number of aromatic nitrogens is 1. The van der Waals surface area contributed by atoms with Gasteiger partial charge in [-0.15, -0.1) is 0 Å². The number of nitrogen functional groups attached to an aromatic ring is 1. The monoisotopic (exact) mass is 488 g/mol. The number of benzene rings is 2. The zero-order valence-electron chi connectivity index (χ0n) is 20.2. The number of carbonyl (C=O) groups excluding carboxylic acids is 1. The van der Waals surface area contributed by atoms with Crippen LogP contribution >= 0.6 is 0 Å². The van der Waals surface area contributed by atoms with Crippen LogP contribution in [0.25, 0.3) is 22.3 Å². The SMILES string of the molecule is Nc1nc(F)c(-c2ccc(C3CCN(CC4CC4)CC3)cc2)cc1-c1cc(F)c2c(c1)CCNC2=O. The number of hydrogen-bond donors (Lipinski definition) is 2. The molecule has 6 rings (SSSR count). The number of nitrogens with one attached hydrogen (secondary N) is 1. The van der Waals surface area contributed by atoms with Gasteiger partial charge in [0.1, 0.15) is 11.6 Å². The number of carbonyl (C=O) groups is 1. The average molecular weight is 489 g/mol. The number of rotatable bonds is 5. The van der Waals surface area contributed by atoms with Crippen LogP contribution in [-0.4, -0.2) is 42.0 Å². The summed E-state index contributed by atoms with van der Waals surface area (Å²) in [5, 5.41) is 2.66. The zero-order chi connectivity index (χ0) is 24.8. The van der Waals surface area contributed by atoms with Crippen LogP contribution in [0, 0.1) is 17.7 Å². The van der Waals surface area contributed by atoms with Crippen molar-refractivity contribution in [1.82, 2.24) is 15.2 Å². The van der Waals surface area contributed by atoms with Gasteiger partial charge in [-0.25, -0.2) is 9.37 Å². The molecule has 1 aliphatic carbocycles. The zero-order valence-corrected chi connectivity index (χ0v) is 20.2. The van der Waals surface area contributed by atoms with Crippen LogP contribution < -0.4 is 11.1 Å². The molecule has 0 spiro atoms. The first-order valence-electron chi connectivity index (χ1n) is 12.9. The lowest BCUT2D eigenvalue weighted by Gasteiger charge is -2.32. The summed E-state index contributed by atoms with van der Waals surface area (Å²) in [6.07, 6.45) is 5.59. The Kier molecular flexibility index (Phi) is 5.96. The van der Waals surface area contributed by atoms with Crippen molar-refractivity contribution in [2.24, 2.45) is 5.92 Å². The molecule has 7 heteroatoms. The van der Waals surface area contributed by atoms with E-state index in [1.807, 2.05) is 12.1 Å². The van der Waals surface area contributed by atoms with Gasteiger partial charge in [0.25, 0.3) is 5.91 Å². The number of nitrogens with zero attached hydrogens (tertiary/aromatic N) is 2. The van der Waals surface area contributed by atoms with Crippen LogP contribution in [0.15, 0.2) is 42.5 Å². The van der Waals surface area contributed by atoms with Crippen molar-refractivity contribution in [2.45, 2.75) is 38.0 Å². The highest BCUT2D eigenvalue weighted by molar-refractivity contribution is 5.98. The summed E-state index contributed by atoms with van der Waals surface area (Å²) in [5.41, 5.74) is 9.99. The van der Waals surface area contributed by atoms with Crippen LogP contribution in [-0.2, 0) is 6.42 Å². The molecule has 2 aliphatic heterocycles. The number of hydrogen-bond acceptors (Lipinski definition) is 4. The number of halogens is 2. The van der Waals surface area contributed by atoms with E-state index in [0.29, 0.717) is 46.7 Å². The third-order valence-electron chi connectivity index (χ3n) is 7.89. The van der Waals surface area contributed by atoms with Crippen molar-refractivity contribution in [1.29, 1.82) is 0 Å². The van der Waals surface area contributed by atoms with Crippen molar-refractivity contribution in [3.8, 4) is 22.3 Å². The molecule has 3 heterocycles. The van der Waals surface area contributed by atoms with Gasteiger partial charge in [-0.05, 0) is 97.5 Å². The highest BCUT2D eigenvalue weighted by atomic mass is 19.1.